The number of esters is 1. The van der Waals surface area contributed by atoms with Crippen molar-refractivity contribution in [1.82, 2.24) is 10.6 Å². The van der Waals surface area contributed by atoms with E-state index in [1.807, 2.05) is 0 Å². The van der Waals surface area contributed by atoms with Crippen LogP contribution in [0, 0.1) is 11.8 Å². The SMILES string of the molecule is COC(=O)C(NC(=O)NC1CCC(C(=O)O)C1)C(C)C. The highest BCUT2D eigenvalue weighted by Crippen LogP contribution is 2.25. The number of ether oxygens (including phenoxy) is 1. The lowest BCUT2D eigenvalue weighted by molar-refractivity contribution is -0.144. The molecule has 0 aromatic rings. The van der Waals surface area contributed by atoms with Gasteiger partial charge in [0.1, 0.15) is 6.04 Å². The zero-order valence-electron chi connectivity index (χ0n) is 12.0. The van der Waals surface area contributed by atoms with Crippen molar-refractivity contribution in [2.24, 2.45) is 11.8 Å². The first-order valence-electron chi connectivity index (χ1n) is 6.72. The normalized spacial score (nSPS) is 23.2. The van der Waals surface area contributed by atoms with E-state index in [0.29, 0.717) is 19.3 Å². The summed E-state index contributed by atoms with van der Waals surface area (Å²) in [6.07, 6.45) is 1.62. The van der Waals surface area contributed by atoms with Crippen LogP contribution in [-0.4, -0.2) is 42.3 Å². The molecular formula is C13H22N2O5. The van der Waals surface area contributed by atoms with Crippen LogP contribution < -0.4 is 10.6 Å². The zero-order chi connectivity index (χ0) is 15.3. The molecule has 2 amide bonds. The largest absolute Gasteiger partial charge is 0.481 e. The van der Waals surface area contributed by atoms with Gasteiger partial charge in [-0.1, -0.05) is 13.8 Å². The van der Waals surface area contributed by atoms with E-state index >= 15 is 0 Å². The van der Waals surface area contributed by atoms with E-state index in [1.165, 1.54) is 7.11 Å². The molecule has 1 aliphatic rings. The lowest BCUT2D eigenvalue weighted by Gasteiger charge is -2.21. The van der Waals surface area contributed by atoms with E-state index in [0.717, 1.165) is 0 Å². The lowest BCUT2D eigenvalue weighted by atomic mass is 10.1. The van der Waals surface area contributed by atoms with Gasteiger partial charge in [0.05, 0.1) is 13.0 Å². The summed E-state index contributed by atoms with van der Waals surface area (Å²) in [6, 6.07) is -1.34. The minimum absolute atomic E-state index is 0.0939. The van der Waals surface area contributed by atoms with Gasteiger partial charge in [0.15, 0.2) is 0 Å². The number of urea groups is 1. The first-order valence-corrected chi connectivity index (χ1v) is 6.72. The van der Waals surface area contributed by atoms with Gasteiger partial charge in [-0.2, -0.15) is 0 Å². The third-order valence-electron chi connectivity index (χ3n) is 3.53. The smallest absolute Gasteiger partial charge is 0.328 e. The number of carbonyl (C=O) groups excluding carboxylic acids is 2. The van der Waals surface area contributed by atoms with Crippen LogP contribution in [0.2, 0.25) is 0 Å². The first kappa shape index (κ1) is 16.3. The second-order valence-corrected chi connectivity index (χ2v) is 5.41. The van der Waals surface area contributed by atoms with Gasteiger partial charge in [-0.3, -0.25) is 4.79 Å². The van der Waals surface area contributed by atoms with Crippen molar-refractivity contribution in [3.63, 3.8) is 0 Å². The third-order valence-corrected chi connectivity index (χ3v) is 3.53. The number of rotatable bonds is 5. The minimum atomic E-state index is -0.829. The molecule has 114 valence electrons. The number of carboxylic acids is 1. The molecule has 3 N–H and O–H groups in total. The Kier molecular flexibility index (Phi) is 5.79. The Morgan fingerprint density at radius 3 is 2.35 bits per heavy atom. The molecule has 20 heavy (non-hydrogen) atoms. The second-order valence-electron chi connectivity index (χ2n) is 5.41. The standard InChI is InChI=1S/C13H22N2O5/c1-7(2)10(12(18)20-3)15-13(19)14-9-5-4-8(6-9)11(16)17/h7-10H,4-6H2,1-3H3,(H,16,17)(H2,14,15,19). The number of carboxylic acid groups (broad SMARTS) is 1. The molecular weight excluding hydrogens is 264 g/mol. The number of carbonyl (C=O) groups is 3. The molecule has 3 unspecified atom stereocenters. The summed E-state index contributed by atoms with van der Waals surface area (Å²) in [5.41, 5.74) is 0. The van der Waals surface area contributed by atoms with E-state index < -0.39 is 29.9 Å². The van der Waals surface area contributed by atoms with Crippen molar-refractivity contribution in [3.05, 3.63) is 0 Å². The number of methoxy groups -OCH3 is 1. The molecule has 3 atom stereocenters. The van der Waals surface area contributed by atoms with Crippen LogP contribution >= 0.6 is 0 Å². The van der Waals surface area contributed by atoms with Crippen molar-refractivity contribution >= 4 is 18.0 Å². The molecule has 1 rings (SSSR count). The maximum Gasteiger partial charge on any atom is 0.328 e. The molecule has 0 bridgehead atoms. The predicted octanol–water partition coefficient (Wildman–Crippen LogP) is 0.736. The topological polar surface area (TPSA) is 105 Å². The fourth-order valence-electron chi connectivity index (χ4n) is 2.33. The van der Waals surface area contributed by atoms with Gasteiger partial charge in [0.25, 0.3) is 0 Å². The van der Waals surface area contributed by atoms with Gasteiger partial charge in [-0.05, 0) is 25.2 Å². The van der Waals surface area contributed by atoms with Crippen LogP contribution in [-0.2, 0) is 14.3 Å². The Bertz CT molecular complexity index is 383. The predicted molar refractivity (Wildman–Crippen MR) is 71.1 cm³/mol. The molecule has 0 aromatic heterocycles. The van der Waals surface area contributed by atoms with Crippen LogP contribution in [0.3, 0.4) is 0 Å². The number of aliphatic carboxylic acids is 1. The maximum absolute atomic E-state index is 11.8. The summed E-state index contributed by atoms with van der Waals surface area (Å²) in [7, 11) is 1.27. The van der Waals surface area contributed by atoms with Crippen molar-refractivity contribution in [2.45, 2.75) is 45.2 Å². The molecule has 1 aliphatic carbocycles. The number of hydrogen-bond acceptors (Lipinski definition) is 4. The van der Waals surface area contributed by atoms with E-state index in [9.17, 15) is 14.4 Å². The quantitative estimate of drug-likeness (QED) is 0.646. The van der Waals surface area contributed by atoms with Crippen LogP contribution in [0.4, 0.5) is 4.79 Å². The lowest BCUT2D eigenvalue weighted by Crippen LogP contribution is -2.51. The second kappa shape index (κ2) is 7.12. The molecule has 0 heterocycles. The average Bonchev–Trinajstić information content (AvgIpc) is 2.83. The summed E-state index contributed by atoms with van der Waals surface area (Å²) in [5.74, 6) is -1.82. The summed E-state index contributed by atoms with van der Waals surface area (Å²) < 4.78 is 4.63. The monoisotopic (exact) mass is 286 g/mol. The van der Waals surface area contributed by atoms with Gasteiger partial charge >= 0.3 is 18.0 Å². The molecule has 7 nitrogen and oxygen atoms in total. The van der Waals surface area contributed by atoms with Gasteiger partial charge in [-0.25, -0.2) is 9.59 Å². The summed E-state index contributed by atoms with van der Waals surface area (Å²) in [4.78, 5) is 34.2. The molecule has 1 fully saturated rings. The summed E-state index contributed by atoms with van der Waals surface area (Å²) in [6.45, 7) is 3.61. The van der Waals surface area contributed by atoms with Crippen LogP contribution in [0.25, 0.3) is 0 Å². The number of hydrogen-bond donors (Lipinski definition) is 3. The van der Waals surface area contributed by atoms with Crippen LogP contribution in [0.5, 0.6) is 0 Å². The van der Waals surface area contributed by atoms with E-state index in [2.05, 4.69) is 15.4 Å². The van der Waals surface area contributed by atoms with Gasteiger partial charge in [0.2, 0.25) is 0 Å². The Morgan fingerprint density at radius 1 is 1.25 bits per heavy atom. The number of amides is 2. The highest BCUT2D eigenvalue weighted by atomic mass is 16.5. The molecule has 1 saturated carbocycles. The van der Waals surface area contributed by atoms with Crippen molar-refractivity contribution in [2.75, 3.05) is 7.11 Å². The van der Waals surface area contributed by atoms with Crippen molar-refractivity contribution in [3.8, 4) is 0 Å². The molecule has 0 aliphatic heterocycles. The van der Waals surface area contributed by atoms with E-state index in [1.54, 1.807) is 13.8 Å². The van der Waals surface area contributed by atoms with Crippen molar-refractivity contribution < 1.29 is 24.2 Å². The maximum atomic E-state index is 11.8. The minimum Gasteiger partial charge on any atom is -0.481 e. The van der Waals surface area contributed by atoms with Crippen LogP contribution in [0.15, 0.2) is 0 Å². The molecule has 0 spiro atoms. The highest BCUT2D eigenvalue weighted by Gasteiger charge is 2.31. The Hall–Kier alpha value is -1.79. The fraction of sp³-hybridized carbons (Fsp3) is 0.769. The molecule has 7 heteroatoms. The summed E-state index contributed by atoms with van der Waals surface area (Å²) in [5, 5.41) is 14.2. The van der Waals surface area contributed by atoms with E-state index in [4.69, 9.17) is 5.11 Å². The third kappa shape index (κ3) is 4.40. The fourth-order valence-corrected chi connectivity index (χ4v) is 2.33. The number of nitrogens with one attached hydrogen (secondary N) is 2. The first-order chi connectivity index (χ1) is 9.35. The molecule has 0 saturated heterocycles. The Morgan fingerprint density at radius 2 is 1.90 bits per heavy atom. The zero-order valence-corrected chi connectivity index (χ0v) is 12.0. The van der Waals surface area contributed by atoms with Gasteiger partial charge in [-0.15, -0.1) is 0 Å². The molecule has 0 aromatic carbocycles. The Labute approximate surface area is 118 Å². The van der Waals surface area contributed by atoms with E-state index in [-0.39, 0.29) is 12.0 Å². The molecule has 0 radical (unpaired) electrons. The van der Waals surface area contributed by atoms with Gasteiger partial charge in [0, 0.05) is 6.04 Å². The van der Waals surface area contributed by atoms with Crippen molar-refractivity contribution in [1.29, 1.82) is 0 Å². The Balaban J connectivity index is 2.47. The van der Waals surface area contributed by atoms with Gasteiger partial charge < -0.3 is 20.5 Å². The summed E-state index contributed by atoms with van der Waals surface area (Å²) >= 11 is 0. The van der Waals surface area contributed by atoms with Crippen LogP contribution in [0.1, 0.15) is 33.1 Å². The highest BCUT2D eigenvalue weighted by molar-refractivity contribution is 5.84. The average molecular weight is 286 g/mol.